The number of aromatic hydroxyl groups is 2. The Labute approximate surface area is 91.8 Å². The van der Waals surface area contributed by atoms with Gasteiger partial charge in [-0.3, -0.25) is 4.79 Å². The van der Waals surface area contributed by atoms with Gasteiger partial charge in [-0.25, -0.2) is 0 Å². The van der Waals surface area contributed by atoms with Crippen molar-refractivity contribution in [2.45, 2.75) is 6.04 Å². The first-order valence-corrected chi connectivity index (χ1v) is 4.63. The van der Waals surface area contributed by atoms with Gasteiger partial charge >= 0.3 is 0 Å². The predicted octanol–water partition coefficient (Wildman–Crippen LogP) is -0.819. The van der Waals surface area contributed by atoms with Crippen molar-refractivity contribution in [3.63, 3.8) is 0 Å². The number of aliphatic hydroxyl groups is 2. The van der Waals surface area contributed by atoms with Crippen LogP contribution in [0.15, 0.2) is 18.2 Å². The maximum Gasteiger partial charge on any atom is 0.255 e. The second kappa shape index (κ2) is 5.34. The molecule has 0 aliphatic rings. The number of carbonyl (C=O) groups is 1. The number of amides is 1. The van der Waals surface area contributed by atoms with Crippen LogP contribution in [0.25, 0.3) is 0 Å². The van der Waals surface area contributed by atoms with E-state index in [2.05, 4.69) is 5.32 Å². The molecule has 0 saturated carbocycles. The maximum atomic E-state index is 11.5. The Balaban J connectivity index is 2.83. The van der Waals surface area contributed by atoms with Crippen LogP contribution in [-0.4, -0.2) is 45.6 Å². The second-order valence-corrected chi connectivity index (χ2v) is 3.24. The highest BCUT2D eigenvalue weighted by Crippen LogP contribution is 2.21. The number of hydrogen-bond acceptors (Lipinski definition) is 5. The van der Waals surface area contributed by atoms with Crippen LogP contribution in [0.5, 0.6) is 11.5 Å². The monoisotopic (exact) mass is 227 g/mol. The molecule has 0 bridgehead atoms. The Morgan fingerprint density at radius 3 is 2.44 bits per heavy atom. The van der Waals surface area contributed by atoms with Gasteiger partial charge in [-0.05, 0) is 18.2 Å². The summed E-state index contributed by atoms with van der Waals surface area (Å²) in [7, 11) is 0. The van der Waals surface area contributed by atoms with Crippen LogP contribution in [0.4, 0.5) is 0 Å². The Bertz CT molecular complexity index is 375. The molecule has 88 valence electrons. The summed E-state index contributed by atoms with van der Waals surface area (Å²) in [6.45, 7) is -0.830. The normalized spacial score (nSPS) is 10.4. The van der Waals surface area contributed by atoms with Crippen molar-refractivity contribution in [2.24, 2.45) is 0 Å². The van der Waals surface area contributed by atoms with Gasteiger partial charge in [-0.2, -0.15) is 0 Å². The highest BCUT2D eigenvalue weighted by atomic mass is 16.3. The van der Waals surface area contributed by atoms with Gasteiger partial charge in [0.25, 0.3) is 5.91 Å². The van der Waals surface area contributed by atoms with Gasteiger partial charge in [0, 0.05) is 0 Å². The highest BCUT2D eigenvalue weighted by molar-refractivity contribution is 5.97. The van der Waals surface area contributed by atoms with E-state index in [1.807, 2.05) is 0 Å². The van der Waals surface area contributed by atoms with Crippen LogP contribution in [0.1, 0.15) is 10.4 Å². The molecule has 1 aromatic rings. The van der Waals surface area contributed by atoms with Crippen molar-refractivity contribution in [3.8, 4) is 11.5 Å². The molecule has 0 saturated heterocycles. The van der Waals surface area contributed by atoms with E-state index < -0.39 is 25.2 Å². The third-order valence-electron chi connectivity index (χ3n) is 2.00. The van der Waals surface area contributed by atoms with Crippen molar-refractivity contribution < 1.29 is 25.2 Å². The first kappa shape index (κ1) is 12.3. The van der Waals surface area contributed by atoms with Crippen molar-refractivity contribution in [2.75, 3.05) is 13.2 Å². The first-order valence-electron chi connectivity index (χ1n) is 4.63. The van der Waals surface area contributed by atoms with Gasteiger partial charge in [0.2, 0.25) is 0 Å². The van der Waals surface area contributed by atoms with Crippen LogP contribution >= 0.6 is 0 Å². The summed E-state index contributed by atoms with van der Waals surface area (Å²) in [6, 6.07) is 2.71. The lowest BCUT2D eigenvalue weighted by molar-refractivity contribution is 0.0876. The molecule has 16 heavy (non-hydrogen) atoms. The van der Waals surface area contributed by atoms with Crippen molar-refractivity contribution >= 4 is 5.91 Å². The van der Waals surface area contributed by atoms with Crippen LogP contribution in [0, 0.1) is 0 Å². The quantitative estimate of drug-likeness (QED) is 0.432. The Morgan fingerprint density at radius 2 is 1.88 bits per heavy atom. The molecule has 0 aliphatic heterocycles. The number of carbonyl (C=O) groups excluding carboxylic acids is 1. The fraction of sp³-hybridized carbons (Fsp3) is 0.300. The van der Waals surface area contributed by atoms with E-state index >= 15 is 0 Å². The number of nitrogens with one attached hydrogen (secondary N) is 1. The fourth-order valence-electron chi connectivity index (χ4n) is 1.12. The third-order valence-corrected chi connectivity index (χ3v) is 2.00. The molecule has 0 unspecified atom stereocenters. The molecule has 0 aromatic heterocycles. The Morgan fingerprint density at radius 1 is 1.25 bits per heavy atom. The van der Waals surface area contributed by atoms with E-state index in [9.17, 15) is 9.90 Å². The Hall–Kier alpha value is -1.79. The minimum Gasteiger partial charge on any atom is -0.508 e. The molecular weight excluding hydrogens is 214 g/mol. The first-order chi connectivity index (χ1) is 7.58. The lowest BCUT2D eigenvalue weighted by atomic mass is 10.1. The molecule has 1 aromatic carbocycles. The minimum absolute atomic E-state index is 0.119. The van der Waals surface area contributed by atoms with Crippen LogP contribution in [-0.2, 0) is 0 Å². The molecule has 0 aliphatic carbocycles. The smallest absolute Gasteiger partial charge is 0.255 e. The standard InChI is InChI=1S/C10H13NO5/c12-4-6(5-13)11-10(16)8-3-7(14)1-2-9(8)15/h1-3,6,12-15H,4-5H2,(H,11,16). The van der Waals surface area contributed by atoms with Crippen molar-refractivity contribution in [1.82, 2.24) is 5.32 Å². The number of phenolic OH excluding ortho intramolecular Hbond substituents is 2. The summed E-state index contributed by atoms with van der Waals surface area (Å²) in [5.41, 5.74) is -0.119. The van der Waals surface area contributed by atoms with Gasteiger partial charge < -0.3 is 25.7 Å². The molecule has 6 nitrogen and oxygen atoms in total. The summed E-state index contributed by atoms with van der Waals surface area (Å²) >= 11 is 0. The topological polar surface area (TPSA) is 110 Å². The molecule has 0 radical (unpaired) electrons. The van der Waals surface area contributed by atoms with Gasteiger partial charge in [-0.15, -0.1) is 0 Å². The Kier molecular flexibility index (Phi) is 4.10. The molecule has 0 heterocycles. The second-order valence-electron chi connectivity index (χ2n) is 3.24. The van der Waals surface area contributed by atoms with E-state index in [1.54, 1.807) is 0 Å². The highest BCUT2D eigenvalue weighted by Gasteiger charge is 2.15. The minimum atomic E-state index is -0.797. The average molecular weight is 227 g/mol. The van der Waals surface area contributed by atoms with Gasteiger partial charge in [0.05, 0.1) is 24.8 Å². The summed E-state index contributed by atoms with van der Waals surface area (Å²) in [5.74, 6) is -1.13. The number of benzene rings is 1. The average Bonchev–Trinajstić information content (AvgIpc) is 2.28. The summed E-state index contributed by atoms with van der Waals surface area (Å²) in [4.78, 5) is 11.5. The predicted molar refractivity (Wildman–Crippen MR) is 55.2 cm³/mol. The lowest BCUT2D eigenvalue weighted by Crippen LogP contribution is -2.40. The largest absolute Gasteiger partial charge is 0.508 e. The van der Waals surface area contributed by atoms with Gasteiger partial charge in [0.1, 0.15) is 11.5 Å². The van der Waals surface area contributed by atoms with Crippen LogP contribution in [0.3, 0.4) is 0 Å². The third kappa shape index (κ3) is 2.85. The SMILES string of the molecule is O=C(NC(CO)CO)c1cc(O)ccc1O. The van der Waals surface area contributed by atoms with E-state index in [-0.39, 0.29) is 17.1 Å². The zero-order chi connectivity index (χ0) is 12.1. The molecule has 1 amide bonds. The summed E-state index contributed by atoms with van der Waals surface area (Å²) < 4.78 is 0. The number of phenols is 2. The van der Waals surface area contributed by atoms with E-state index in [0.717, 1.165) is 6.07 Å². The van der Waals surface area contributed by atoms with Crippen LogP contribution in [0.2, 0.25) is 0 Å². The maximum absolute atomic E-state index is 11.5. The zero-order valence-corrected chi connectivity index (χ0v) is 8.42. The van der Waals surface area contributed by atoms with E-state index in [1.165, 1.54) is 12.1 Å². The molecule has 5 N–H and O–H groups in total. The van der Waals surface area contributed by atoms with Crippen molar-refractivity contribution in [3.05, 3.63) is 23.8 Å². The van der Waals surface area contributed by atoms with E-state index in [4.69, 9.17) is 15.3 Å². The fourth-order valence-corrected chi connectivity index (χ4v) is 1.12. The van der Waals surface area contributed by atoms with Crippen LogP contribution < -0.4 is 5.32 Å². The molecule has 0 atom stereocenters. The molecule has 0 fully saturated rings. The summed E-state index contributed by atoms with van der Waals surface area (Å²) in [6.07, 6.45) is 0. The molecule has 1 rings (SSSR count). The number of hydrogen-bond donors (Lipinski definition) is 5. The molecular formula is C10H13NO5. The number of aliphatic hydroxyl groups excluding tert-OH is 2. The molecule has 6 heteroatoms. The van der Waals surface area contributed by atoms with Gasteiger partial charge in [0.15, 0.2) is 0 Å². The summed E-state index contributed by atoms with van der Waals surface area (Å²) in [5, 5.41) is 38.3. The molecule has 0 spiro atoms. The lowest BCUT2D eigenvalue weighted by Gasteiger charge is -2.13. The van der Waals surface area contributed by atoms with Crippen molar-refractivity contribution in [1.29, 1.82) is 0 Å². The van der Waals surface area contributed by atoms with Gasteiger partial charge in [-0.1, -0.05) is 0 Å². The van der Waals surface area contributed by atoms with E-state index in [0.29, 0.717) is 0 Å². The number of rotatable bonds is 4. The zero-order valence-electron chi connectivity index (χ0n) is 8.42.